The first-order valence-electron chi connectivity index (χ1n) is 7.67. The Labute approximate surface area is 166 Å². The molecule has 0 saturated carbocycles. The maximum absolute atomic E-state index is 12.3. The van der Waals surface area contributed by atoms with Crippen molar-refractivity contribution in [2.45, 2.75) is 13.0 Å². The Balaban J connectivity index is 2.18. The highest BCUT2D eigenvalue weighted by Crippen LogP contribution is 2.22. The van der Waals surface area contributed by atoms with E-state index in [0.29, 0.717) is 17.8 Å². The second kappa shape index (κ2) is 10.2. The van der Waals surface area contributed by atoms with Gasteiger partial charge >= 0.3 is 0 Å². The van der Waals surface area contributed by atoms with Crippen molar-refractivity contribution in [2.75, 3.05) is 17.2 Å². The van der Waals surface area contributed by atoms with Crippen LogP contribution in [0.3, 0.4) is 0 Å². The van der Waals surface area contributed by atoms with Crippen LogP contribution < -0.4 is 4.31 Å². The molecule has 0 amide bonds. The molecule has 0 N–H and O–H groups in total. The van der Waals surface area contributed by atoms with Crippen LogP contribution in [0.5, 0.6) is 0 Å². The van der Waals surface area contributed by atoms with Crippen LogP contribution >= 0.6 is 15.9 Å². The monoisotopic (exact) mass is 458 g/mol. The lowest BCUT2D eigenvalue weighted by molar-refractivity contribution is 0.0765. The first-order valence-corrected chi connectivity index (χ1v) is 9.98. The van der Waals surface area contributed by atoms with E-state index in [2.05, 4.69) is 37.8 Å². The molecule has 0 aliphatic rings. The van der Waals surface area contributed by atoms with Crippen molar-refractivity contribution in [2.24, 2.45) is 10.2 Å². The van der Waals surface area contributed by atoms with E-state index in [9.17, 15) is 13.0 Å². The van der Waals surface area contributed by atoms with Crippen LogP contribution in [0.4, 0.5) is 14.5 Å². The summed E-state index contributed by atoms with van der Waals surface area (Å²) in [4.78, 5) is 4.28. The molecule has 6 nitrogen and oxygen atoms in total. The lowest BCUT2D eigenvalue weighted by atomic mass is 10.2. The van der Waals surface area contributed by atoms with Gasteiger partial charge in [0.05, 0.1) is 23.5 Å². The van der Waals surface area contributed by atoms with E-state index in [0.717, 1.165) is 10.2 Å². The number of nitrogens with zero attached hydrogens (tertiary/aromatic N) is 4. The van der Waals surface area contributed by atoms with Crippen molar-refractivity contribution < 1.29 is 17.7 Å². The number of hydrogen-bond acceptors (Lipinski definition) is 5. The van der Waals surface area contributed by atoms with Gasteiger partial charge < -0.3 is 4.74 Å². The van der Waals surface area contributed by atoms with Gasteiger partial charge in [-0.15, -0.1) is 5.10 Å². The second-order valence-electron chi connectivity index (χ2n) is 5.23. The van der Waals surface area contributed by atoms with Gasteiger partial charge in [-0.1, -0.05) is 22.0 Å². The first kappa shape index (κ1) is 21.1. The Hall–Kier alpha value is -2.20. The van der Waals surface area contributed by atoms with E-state index in [4.69, 9.17) is 4.74 Å². The largest absolute Gasteiger partial charge is 0.470 e. The average Bonchev–Trinajstić information content (AvgIpc) is 2.63. The number of alkyl halides is 2. The van der Waals surface area contributed by atoms with E-state index >= 15 is 0 Å². The zero-order valence-electron chi connectivity index (χ0n) is 14.4. The highest BCUT2D eigenvalue weighted by molar-refractivity contribution is 9.10. The van der Waals surface area contributed by atoms with Crippen LogP contribution in [0.2, 0.25) is 0 Å². The molecule has 27 heavy (non-hydrogen) atoms. The zero-order valence-corrected chi connectivity index (χ0v) is 16.8. The van der Waals surface area contributed by atoms with Crippen molar-refractivity contribution in [3.8, 4) is 0 Å². The molecule has 1 aromatic heterocycles. The minimum atomic E-state index is -2.63. The van der Waals surface area contributed by atoms with Crippen LogP contribution in [-0.2, 0) is 22.3 Å². The molecule has 0 spiro atoms. The number of anilines is 1. The number of halogens is 3. The third-order valence-corrected chi connectivity index (χ3v) is 4.75. The van der Waals surface area contributed by atoms with E-state index in [-0.39, 0.29) is 5.90 Å². The SMILES string of the molecule is C=N/N=C(\OCC(F)F)c1ccc(CN(c2cccc(Br)c2)S(C)=O)nc1. The van der Waals surface area contributed by atoms with Gasteiger partial charge in [0.15, 0.2) is 6.61 Å². The Morgan fingerprint density at radius 1 is 1.41 bits per heavy atom. The topological polar surface area (TPSA) is 67.2 Å². The fraction of sp³-hybridized carbons (Fsp3) is 0.235. The second-order valence-corrected chi connectivity index (χ2v) is 7.43. The van der Waals surface area contributed by atoms with Crippen LogP contribution in [0.1, 0.15) is 11.3 Å². The summed E-state index contributed by atoms with van der Waals surface area (Å²) in [6.45, 7) is 2.69. The lowest BCUT2D eigenvalue weighted by Crippen LogP contribution is -2.24. The van der Waals surface area contributed by atoms with Gasteiger partial charge in [0.25, 0.3) is 6.43 Å². The number of aromatic nitrogens is 1. The maximum Gasteiger partial charge on any atom is 0.272 e. The Morgan fingerprint density at radius 2 is 2.19 bits per heavy atom. The summed E-state index contributed by atoms with van der Waals surface area (Å²) in [6, 6.07) is 10.7. The molecular formula is C17H17BrF2N4O2S. The Bertz CT molecular complexity index is 834. The van der Waals surface area contributed by atoms with Crippen LogP contribution in [0, 0.1) is 0 Å². The van der Waals surface area contributed by atoms with Gasteiger partial charge in [-0.3, -0.25) is 9.29 Å². The summed E-state index contributed by atoms with van der Waals surface area (Å²) in [6.07, 6.45) is 0.377. The fourth-order valence-corrected chi connectivity index (χ4v) is 3.24. The molecule has 0 saturated heterocycles. The predicted octanol–water partition coefficient (Wildman–Crippen LogP) is 3.79. The molecule has 0 radical (unpaired) electrons. The van der Waals surface area contributed by atoms with Gasteiger partial charge in [-0.2, -0.15) is 5.10 Å². The standard InChI is InChI=1S/C17H17BrF2N4O2S/c1-21-23-17(26-11-16(19)20)12-6-7-14(22-9-12)10-24(27(2)25)15-5-3-4-13(18)8-15/h3-9,16H,1,10-11H2,2H3/b23-17-. The number of ether oxygens (including phenoxy) is 1. The molecule has 0 fully saturated rings. The highest BCUT2D eigenvalue weighted by Gasteiger charge is 2.14. The first-order chi connectivity index (χ1) is 12.9. The third-order valence-electron chi connectivity index (χ3n) is 3.29. The summed E-state index contributed by atoms with van der Waals surface area (Å²) < 4.78 is 44.3. The molecule has 1 aromatic carbocycles. The predicted molar refractivity (Wildman–Crippen MR) is 107 cm³/mol. The molecule has 0 aliphatic heterocycles. The van der Waals surface area contributed by atoms with Crippen molar-refractivity contribution >= 4 is 45.2 Å². The molecule has 144 valence electrons. The van der Waals surface area contributed by atoms with Gasteiger partial charge in [-0.25, -0.2) is 13.0 Å². The molecule has 10 heteroatoms. The molecule has 2 aromatic rings. The zero-order chi connectivity index (χ0) is 19.8. The highest BCUT2D eigenvalue weighted by atomic mass is 79.9. The van der Waals surface area contributed by atoms with Crippen LogP contribution in [0.25, 0.3) is 0 Å². The Kier molecular flexibility index (Phi) is 7.99. The molecule has 0 aliphatic carbocycles. The quantitative estimate of drug-likeness (QED) is 0.343. The lowest BCUT2D eigenvalue weighted by Gasteiger charge is -2.21. The van der Waals surface area contributed by atoms with Crippen LogP contribution in [0.15, 0.2) is 57.3 Å². The number of hydrogen-bond donors (Lipinski definition) is 0. The van der Waals surface area contributed by atoms with Gasteiger partial charge in [0, 0.05) is 23.6 Å². The molecule has 1 heterocycles. The number of rotatable bonds is 8. The number of pyridine rings is 1. The average molecular weight is 459 g/mol. The van der Waals surface area contributed by atoms with Gasteiger partial charge in [0.1, 0.15) is 11.0 Å². The molecule has 0 bridgehead atoms. The summed E-state index contributed by atoms with van der Waals surface area (Å²) >= 11 is 3.39. The normalized spacial score (nSPS) is 12.7. The minimum Gasteiger partial charge on any atom is -0.470 e. The minimum absolute atomic E-state index is 0.0905. The van der Waals surface area contributed by atoms with Crippen molar-refractivity contribution in [3.63, 3.8) is 0 Å². The van der Waals surface area contributed by atoms with E-state index in [1.807, 2.05) is 24.3 Å². The van der Waals surface area contributed by atoms with E-state index < -0.39 is 24.0 Å². The van der Waals surface area contributed by atoms with E-state index in [1.54, 1.807) is 22.7 Å². The van der Waals surface area contributed by atoms with Gasteiger partial charge in [0.2, 0.25) is 5.90 Å². The fourth-order valence-electron chi connectivity index (χ4n) is 2.13. The molecule has 1 unspecified atom stereocenters. The summed E-state index contributed by atoms with van der Waals surface area (Å²) in [5, 5.41) is 6.93. The molecule has 2 rings (SSSR count). The molecular weight excluding hydrogens is 442 g/mol. The third kappa shape index (κ3) is 6.47. The van der Waals surface area contributed by atoms with Gasteiger partial charge in [-0.05, 0) is 30.3 Å². The van der Waals surface area contributed by atoms with Crippen molar-refractivity contribution in [1.29, 1.82) is 0 Å². The van der Waals surface area contributed by atoms with E-state index in [1.165, 1.54) is 6.20 Å². The van der Waals surface area contributed by atoms with Crippen molar-refractivity contribution in [1.82, 2.24) is 4.98 Å². The van der Waals surface area contributed by atoms with Crippen molar-refractivity contribution in [3.05, 3.63) is 58.3 Å². The summed E-state index contributed by atoms with van der Waals surface area (Å²) in [5.41, 5.74) is 1.79. The summed E-state index contributed by atoms with van der Waals surface area (Å²) in [5.74, 6) is -0.0905. The summed E-state index contributed by atoms with van der Waals surface area (Å²) in [7, 11) is -1.27. The Morgan fingerprint density at radius 3 is 2.74 bits per heavy atom. The molecule has 1 atom stereocenters. The number of benzene rings is 1. The smallest absolute Gasteiger partial charge is 0.272 e. The maximum atomic E-state index is 12.3. The van der Waals surface area contributed by atoms with Crippen LogP contribution in [-0.4, -0.2) is 41.1 Å².